The molecule has 4 rings (SSSR count). The number of carbonyl (C=O) groups is 2. The van der Waals surface area contributed by atoms with E-state index < -0.39 is 12.1 Å². The molecular formula is C19H23F3N2O7. The van der Waals surface area contributed by atoms with Crippen LogP contribution in [0.25, 0.3) is 0 Å². The van der Waals surface area contributed by atoms with Gasteiger partial charge < -0.3 is 29.4 Å². The van der Waals surface area contributed by atoms with Crippen molar-refractivity contribution in [2.24, 2.45) is 5.92 Å². The number of nitrogens with zero attached hydrogens (tertiary/aromatic N) is 1. The van der Waals surface area contributed by atoms with E-state index in [1.807, 2.05) is 12.1 Å². The first-order valence-electron chi connectivity index (χ1n) is 9.54. The van der Waals surface area contributed by atoms with Crippen molar-refractivity contribution in [2.75, 3.05) is 45.5 Å². The normalized spacial score (nSPS) is 24.3. The van der Waals surface area contributed by atoms with Crippen molar-refractivity contribution in [3.05, 3.63) is 18.2 Å². The van der Waals surface area contributed by atoms with E-state index in [1.165, 1.54) is 0 Å². The summed E-state index contributed by atoms with van der Waals surface area (Å²) < 4.78 is 53.5. The smallest absolute Gasteiger partial charge is 0.475 e. The lowest BCUT2D eigenvalue weighted by molar-refractivity contribution is -0.192. The van der Waals surface area contributed by atoms with Crippen molar-refractivity contribution in [3.8, 4) is 11.5 Å². The van der Waals surface area contributed by atoms with Gasteiger partial charge in [-0.1, -0.05) is 0 Å². The molecule has 0 unspecified atom stereocenters. The summed E-state index contributed by atoms with van der Waals surface area (Å²) >= 11 is 0. The van der Waals surface area contributed by atoms with Gasteiger partial charge >= 0.3 is 12.1 Å². The van der Waals surface area contributed by atoms with Gasteiger partial charge in [0.2, 0.25) is 12.7 Å². The first-order chi connectivity index (χ1) is 14.7. The number of anilines is 1. The number of halogens is 3. The maximum absolute atomic E-state index is 12.7. The van der Waals surface area contributed by atoms with Gasteiger partial charge in [-0.05, 0) is 18.6 Å². The Bertz CT molecular complexity index is 805. The fourth-order valence-corrected chi connectivity index (χ4v) is 3.63. The second-order valence-electron chi connectivity index (χ2n) is 7.25. The topological polar surface area (TPSA) is 107 Å². The Morgan fingerprint density at radius 3 is 2.65 bits per heavy atom. The van der Waals surface area contributed by atoms with E-state index in [4.69, 9.17) is 28.8 Å². The highest BCUT2D eigenvalue weighted by molar-refractivity contribution is 5.93. The fraction of sp³-hybridized carbons (Fsp3) is 0.579. The van der Waals surface area contributed by atoms with E-state index in [2.05, 4.69) is 10.2 Å². The van der Waals surface area contributed by atoms with E-state index in [1.54, 1.807) is 13.2 Å². The lowest BCUT2D eigenvalue weighted by atomic mass is 9.99. The van der Waals surface area contributed by atoms with E-state index >= 15 is 0 Å². The Morgan fingerprint density at radius 2 is 1.97 bits per heavy atom. The monoisotopic (exact) mass is 448 g/mol. The molecule has 0 radical (unpaired) electrons. The summed E-state index contributed by atoms with van der Waals surface area (Å²) in [6.07, 6.45) is -4.23. The van der Waals surface area contributed by atoms with Crippen LogP contribution in [0.5, 0.6) is 11.5 Å². The maximum atomic E-state index is 12.7. The number of ether oxygens (including phenoxy) is 4. The molecule has 1 aromatic carbocycles. The van der Waals surface area contributed by atoms with Crippen LogP contribution in [0.2, 0.25) is 0 Å². The van der Waals surface area contributed by atoms with Gasteiger partial charge in [0.1, 0.15) is 0 Å². The molecule has 2 saturated heterocycles. The zero-order valence-corrected chi connectivity index (χ0v) is 16.7. The third kappa shape index (κ3) is 5.99. The number of carboxylic acids is 1. The highest BCUT2D eigenvalue weighted by Crippen LogP contribution is 2.36. The summed E-state index contributed by atoms with van der Waals surface area (Å²) in [7, 11) is 1.71. The molecular weight excluding hydrogens is 425 g/mol. The standard InChI is InChI=1S/C17H22N2O5.C2HF3O2/c1-21-5-4-19-8-12-7-13(16(9-19)24-12)17(20)18-11-2-3-14-15(6-11)23-10-22-14;3-2(4,5)1(6)7/h2-3,6,12-13,16H,4-5,7-10H2,1H3,(H,18,20);(H,6,7)/t12-,13+,16-;/m1./s1. The van der Waals surface area contributed by atoms with Crippen molar-refractivity contribution >= 4 is 17.6 Å². The summed E-state index contributed by atoms with van der Waals surface area (Å²) in [6, 6.07) is 5.44. The quantitative estimate of drug-likeness (QED) is 0.702. The molecule has 9 nitrogen and oxygen atoms in total. The summed E-state index contributed by atoms with van der Waals surface area (Å²) in [4.78, 5) is 23.9. The van der Waals surface area contributed by atoms with Crippen molar-refractivity contribution < 1.29 is 46.8 Å². The van der Waals surface area contributed by atoms with E-state index in [9.17, 15) is 18.0 Å². The molecule has 3 heterocycles. The third-order valence-corrected chi connectivity index (χ3v) is 5.06. The number of methoxy groups -OCH3 is 1. The Hall–Kier alpha value is -2.57. The largest absolute Gasteiger partial charge is 0.490 e. The number of nitrogens with one attached hydrogen (secondary N) is 1. The summed E-state index contributed by atoms with van der Waals surface area (Å²) in [6.45, 7) is 3.45. The Kier molecular flexibility index (Phi) is 7.23. The molecule has 0 spiro atoms. The van der Waals surface area contributed by atoms with Gasteiger partial charge in [0.25, 0.3) is 0 Å². The van der Waals surface area contributed by atoms with Crippen LogP contribution in [0, 0.1) is 5.92 Å². The Morgan fingerprint density at radius 1 is 1.26 bits per heavy atom. The molecule has 2 bridgehead atoms. The van der Waals surface area contributed by atoms with Crippen molar-refractivity contribution in [3.63, 3.8) is 0 Å². The molecule has 3 aliphatic heterocycles. The first-order valence-corrected chi connectivity index (χ1v) is 9.54. The molecule has 1 amide bonds. The summed E-state index contributed by atoms with van der Waals surface area (Å²) in [5.74, 6) is -1.49. The predicted molar refractivity (Wildman–Crippen MR) is 100.0 cm³/mol. The molecule has 1 aromatic rings. The minimum Gasteiger partial charge on any atom is -0.475 e. The van der Waals surface area contributed by atoms with Crippen LogP contribution in [-0.4, -0.2) is 80.4 Å². The zero-order chi connectivity index (χ0) is 22.6. The number of hydrogen-bond donors (Lipinski definition) is 2. The highest BCUT2D eigenvalue weighted by Gasteiger charge is 2.44. The number of amides is 1. The number of fused-ring (bicyclic) bond motifs is 3. The Balaban J connectivity index is 0.000000339. The van der Waals surface area contributed by atoms with Crippen LogP contribution in [-0.2, 0) is 19.1 Å². The average molecular weight is 448 g/mol. The van der Waals surface area contributed by atoms with Crippen LogP contribution in [0.15, 0.2) is 18.2 Å². The number of benzene rings is 1. The van der Waals surface area contributed by atoms with Crippen LogP contribution in [0.1, 0.15) is 6.42 Å². The molecule has 3 aliphatic rings. The fourth-order valence-electron chi connectivity index (χ4n) is 3.63. The molecule has 172 valence electrons. The van der Waals surface area contributed by atoms with Gasteiger partial charge in [-0.25, -0.2) is 4.79 Å². The van der Waals surface area contributed by atoms with Crippen LogP contribution in [0.3, 0.4) is 0 Å². The van der Waals surface area contributed by atoms with Crippen LogP contribution < -0.4 is 14.8 Å². The van der Waals surface area contributed by atoms with Crippen LogP contribution in [0.4, 0.5) is 18.9 Å². The molecule has 12 heteroatoms. The molecule has 31 heavy (non-hydrogen) atoms. The van der Waals surface area contributed by atoms with Gasteiger partial charge in [0, 0.05) is 38.5 Å². The number of carbonyl (C=O) groups excluding carboxylic acids is 1. The first kappa shape index (κ1) is 23.1. The van der Waals surface area contributed by atoms with Gasteiger partial charge in [-0.2, -0.15) is 13.2 Å². The van der Waals surface area contributed by atoms with Crippen LogP contribution >= 0.6 is 0 Å². The van der Waals surface area contributed by atoms with Gasteiger partial charge in [0.05, 0.1) is 24.7 Å². The number of carboxylic acid groups (broad SMARTS) is 1. The van der Waals surface area contributed by atoms with Crippen molar-refractivity contribution in [1.82, 2.24) is 4.90 Å². The minimum atomic E-state index is -5.08. The third-order valence-electron chi connectivity index (χ3n) is 5.06. The molecule has 0 aliphatic carbocycles. The molecule has 3 atom stereocenters. The lowest BCUT2D eigenvalue weighted by Gasteiger charge is -2.32. The number of morpholine rings is 1. The second kappa shape index (κ2) is 9.71. The number of rotatable bonds is 5. The summed E-state index contributed by atoms with van der Waals surface area (Å²) in [5.41, 5.74) is 0.724. The van der Waals surface area contributed by atoms with Gasteiger partial charge in [0.15, 0.2) is 11.5 Å². The molecule has 2 fully saturated rings. The van der Waals surface area contributed by atoms with Gasteiger partial charge in [-0.3, -0.25) is 9.69 Å². The number of aliphatic carboxylic acids is 1. The Labute approximate surface area is 176 Å². The SMILES string of the molecule is COCCN1C[C@H]2C[C@H](C(=O)Nc3ccc4c(c3)OCO4)[C@@H](C1)O2.O=C(O)C(F)(F)F. The van der Waals surface area contributed by atoms with Crippen molar-refractivity contribution in [2.45, 2.75) is 24.8 Å². The van der Waals surface area contributed by atoms with E-state index in [0.717, 1.165) is 31.7 Å². The zero-order valence-electron chi connectivity index (χ0n) is 16.7. The minimum absolute atomic E-state index is 0.00922. The second-order valence-corrected chi connectivity index (χ2v) is 7.25. The predicted octanol–water partition coefficient (Wildman–Crippen LogP) is 1.72. The van der Waals surface area contributed by atoms with E-state index in [-0.39, 0.29) is 30.8 Å². The summed E-state index contributed by atoms with van der Waals surface area (Å²) in [5, 5.41) is 10.1. The molecule has 0 saturated carbocycles. The van der Waals surface area contributed by atoms with Gasteiger partial charge in [-0.15, -0.1) is 0 Å². The molecule has 2 N–H and O–H groups in total. The number of likely N-dealkylation sites (tertiary alicyclic amines) is 1. The average Bonchev–Trinajstić information content (AvgIpc) is 3.29. The number of hydrogen-bond acceptors (Lipinski definition) is 7. The molecule has 0 aromatic heterocycles. The highest BCUT2D eigenvalue weighted by atomic mass is 19.4. The lowest BCUT2D eigenvalue weighted by Crippen LogP contribution is -2.45. The van der Waals surface area contributed by atoms with Crippen molar-refractivity contribution in [1.29, 1.82) is 0 Å². The number of alkyl halides is 3. The van der Waals surface area contributed by atoms with E-state index in [0.29, 0.717) is 18.1 Å². The maximum Gasteiger partial charge on any atom is 0.490 e.